The van der Waals surface area contributed by atoms with E-state index in [4.69, 9.17) is 11.6 Å². The molecule has 13 heavy (non-hydrogen) atoms. The van der Waals surface area contributed by atoms with Gasteiger partial charge in [0.15, 0.2) is 0 Å². The second-order valence-electron chi connectivity index (χ2n) is 3.14. The second kappa shape index (κ2) is 3.04. The van der Waals surface area contributed by atoms with E-state index in [0.29, 0.717) is 0 Å². The van der Waals surface area contributed by atoms with Gasteiger partial charge in [0.1, 0.15) is 5.65 Å². The number of hydrogen-bond donors (Lipinski definition) is 1. The molecule has 68 valence electrons. The molecule has 0 saturated heterocycles. The minimum absolute atomic E-state index is 0.792. The molecule has 0 radical (unpaired) electrons. The van der Waals surface area contributed by atoms with Crippen LogP contribution in [-0.4, -0.2) is 9.97 Å². The van der Waals surface area contributed by atoms with Crippen molar-refractivity contribution in [3.8, 4) is 0 Å². The number of aryl methyl sites for hydroxylation is 2. The molecule has 2 aromatic rings. The van der Waals surface area contributed by atoms with Crippen molar-refractivity contribution in [2.24, 2.45) is 0 Å². The summed E-state index contributed by atoms with van der Waals surface area (Å²) in [7, 11) is 0. The Bertz CT molecular complexity index is 445. The third-order valence-corrected chi connectivity index (χ3v) is 2.48. The maximum atomic E-state index is 6.13. The van der Waals surface area contributed by atoms with E-state index in [0.717, 1.165) is 28.2 Å². The van der Waals surface area contributed by atoms with Gasteiger partial charge >= 0.3 is 0 Å². The van der Waals surface area contributed by atoms with Crippen molar-refractivity contribution >= 4 is 22.6 Å². The van der Waals surface area contributed by atoms with Crippen LogP contribution < -0.4 is 0 Å². The number of H-pyrrole nitrogens is 1. The molecule has 3 heteroatoms. The Morgan fingerprint density at radius 3 is 3.00 bits per heavy atom. The largest absolute Gasteiger partial charge is 0.346 e. The fourth-order valence-corrected chi connectivity index (χ4v) is 1.92. The number of nitrogens with zero attached hydrogens (tertiary/aromatic N) is 1. The number of pyridine rings is 1. The van der Waals surface area contributed by atoms with Crippen molar-refractivity contribution in [3.63, 3.8) is 0 Å². The zero-order chi connectivity index (χ0) is 9.42. The van der Waals surface area contributed by atoms with E-state index < -0.39 is 0 Å². The number of aromatic nitrogens is 2. The molecule has 2 rings (SSSR count). The molecule has 0 aliphatic rings. The van der Waals surface area contributed by atoms with Crippen molar-refractivity contribution in [2.75, 3.05) is 0 Å². The first kappa shape index (κ1) is 8.57. The molecule has 0 fully saturated rings. The molecule has 0 unspecified atom stereocenters. The van der Waals surface area contributed by atoms with Crippen LogP contribution in [0.5, 0.6) is 0 Å². The Morgan fingerprint density at radius 1 is 1.54 bits per heavy atom. The monoisotopic (exact) mass is 194 g/mol. The van der Waals surface area contributed by atoms with Crippen molar-refractivity contribution in [1.82, 2.24) is 9.97 Å². The van der Waals surface area contributed by atoms with Crippen LogP contribution in [0.1, 0.15) is 18.2 Å². The summed E-state index contributed by atoms with van der Waals surface area (Å²) in [6.07, 6.45) is 2.95. The van der Waals surface area contributed by atoms with Crippen LogP contribution in [0.3, 0.4) is 0 Å². The van der Waals surface area contributed by atoms with E-state index in [2.05, 4.69) is 16.9 Å². The van der Waals surface area contributed by atoms with Crippen molar-refractivity contribution < 1.29 is 0 Å². The lowest BCUT2D eigenvalue weighted by Gasteiger charge is -1.98. The van der Waals surface area contributed by atoms with Gasteiger partial charge in [-0.05, 0) is 25.0 Å². The van der Waals surface area contributed by atoms with Crippen LogP contribution in [0.25, 0.3) is 11.0 Å². The van der Waals surface area contributed by atoms with Crippen LogP contribution in [0.2, 0.25) is 5.02 Å². The smallest absolute Gasteiger partial charge is 0.139 e. The zero-order valence-electron chi connectivity index (χ0n) is 7.69. The van der Waals surface area contributed by atoms with Gasteiger partial charge < -0.3 is 4.98 Å². The molecule has 1 N–H and O–H groups in total. The summed E-state index contributed by atoms with van der Waals surface area (Å²) < 4.78 is 0. The lowest BCUT2D eigenvalue weighted by atomic mass is 10.2. The van der Waals surface area contributed by atoms with Crippen molar-refractivity contribution in [1.29, 1.82) is 0 Å². The SMILES string of the molecule is CCc1c[nH]c2nc(C)cc(Cl)c12. The first-order valence-corrected chi connectivity index (χ1v) is 4.73. The van der Waals surface area contributed by atoms with Crippen molar-refractivity contribution in [3.05, 3.63) is 28.5 Å². The molecule has 0 aliphatic heterocycles. The molecular formula is C10H11ClN2. The van der Waals surface area contributed by atoms with Crippen LogP contribution >= 0.6 is 11.6 Å². The molecule has 0 aromatic carbocycles. The molecular weight excluding hydrogens is 184 g/mol. The van der Waals surface area contributed by atoms with Gasteiger partial charge in [-0.25, -0.2) is 4.98 Å². The summed E-state index contributed by atoms with van der Waals surface area (Å²) in [6, 6.07) is 1.90. The van der Waals surface area contributed by atoms with E-state index in [-0.39, 0.29) is 0 Å². The first-order valence-electron chi connectivity index (χ1n) is 4.35. The fourth-order valence-electron chi connectivity index (χ4n) is 1.55. The average molecular weight is 195 g/mol. The van der Waals surface area contributed by atoms with Gasteiger partial charge in [0, 0.05) is 17.3 Å². The highest BCUT2D eigenvalue weighted by molar-refractivity contribution is 6.35. The Hall–Kier alpha value is -1.02. The zero-order valence-corrected chi connectivity index (χ0v) is 8.44. The normalized spacial score (nSPS) is 11.0. The predicted octanol–water partition coefficient (Wildman–Crippen LogP) is 3.09. The molecule has 2 aromatic heterocycles. The number of hydrogen-bond acceptors (Lipinski definition) is 1. The third-order valence-electron chi connectivity index (χ3n) is 2.18. The summed E-state index contributed by atoms with van der Waals surface area (Å²) in [5, 5.41) is 1.86. The van der Waals surface area contributed by atoms with Gasteiger partial charge in [-0.2, -0.15) is 0 Å². The number of rotatable bonds is 1. The molecule has 2 nitrogen and oxygen atoms in total. The Morgan fingerprint density at radius 2 is 2.31 bits per heavy atom. The van der Waals surface area contributed by atoms with E-state index in [1.165, 1.54) is 5.56 Å². The maximum absolute atomic E-state index is 6.13. The fraction of sp³-hybridized carbons (Fsp3) is 0.300. The first-order chi connectivity index (χ1) is 6.22. The highest BCUT2D eigenvalue weighted by atomic mass is 35.5. The number of nitrogens with one attached hydrogen (secondary N) is 1. The van der Waals surface area contributed by atoms with Crippen LogP contribution in [0, 0.1) is 6.92 Å². The summed E-state index contributed by atoms with van der Waals surface area (Å²) >= 11 is 6.13. The molecule has 0 atom stereocenters. The van der Waals surface area contributed by atoms with Gasteiger partial charge in [-0.15, -0.1) is 0 Å². The van der Waals surface area contributed by atoms with Gasteiger partial charge in [-0.3, -0.25) is 0 Å². The lowest BCUT2D eigenvalue weighted by Crippen LogP contribution is -1.84. The van der Waals surface area contributed by atoms with E-state index in [9.17, 15) is 0 Å². The minimum atomic E-state index is 0.792. The average Bonchev–Trinajstić information content (AvgIpc) is 2.47. The molecule has 0 saturated carbocycles. The van der Waals surface area contributed by atoms with E-state index >= 15 is 0 Å². The topological polar surface area (TPSA) is 28.7 Å². The maximum Gasteiger partial charge on any atom is 0.139 e. The molecule has 0 spiro atoms. The Balaban J connectivity index is 2.82. The molecule has 0 amide bonds. The van der Waals surface area contributed by atoms with Gasteiger partial charge in [-0.1, -0.05) is 18.5 Å². The summed E-state index contributed by atoms with van der Waals surface area (Å²) in [5.41, 5.74) is 3.07. The minimum Gasteiger partial charge on any atom is -0.346 e. The van der Waals surface area contributed by atoms with Gasteiger partial charge in [0.05, 0.1) is 5.02 Å². The Labute approximate surface area is 81.9 Å². The predicted molar refractivity (Wildman–Crippen MR) is 55.2 cm³/mol. The highest BCUT2D eigenvalue weighted by Gasteiger charge is 2.07. The van der Waals surface area contributed by atoms with E-state index in [1.807, 2.05) is 19.2 Å². The summed E-state index contributed by atoms with van der Waals surface area (Å²) in [5.74, 6) is 0. The standard InChI is InChI=1S/C10H11ClN2/c1-3-7-5-12-10-9(7)8(11)4-6(2)13-10/h4-5H,3H2,1-2H3,(H,12,13). The van der Waals surface area contributed by atoms with Crippen molar-refractivity contribution in [2.45, 2.75) is 20.3 Å². The quantitative estimate of drug-likeness (QED) is 0.743. The number of aromatic amines is 1. The molecule has 2 heterocycles. The van der Waals surface area contributed by atoms with Gasteiger partial charge in [0.2, 0.25) is 0 Å². The third kappa shape index (κ3) is 1.31. The Kier molecular flexibility index (Phi) is 2.00. The summed E-state index contributed by atoms with van der Waals surface area (Å²) in [6.45, 7) is 4.05. The lowest BCUT2D eigenvalue weighted by molar-refractivity contribution is 1.15. The highest BCUT2D eigenvalue weighted by Crippen LogP contribution is 2.26. The molecule has 0 aliphatic carbocycles. The van der Waals surface area contributed by atoms with E-state index in [1.54, 1.807) is 0 Å². The van der Waals surface area contributed by atoms with Gasteiger partial charge in [0.25, 0.3) is 0 Å². The van der Waals surface area contributed by atoms with Crippen LogP contribution in [0.4, 0.5) is 0 Å². The van der Waals surface area contributed by atoms with Crippen LogP contribution in [0.15, 0.2) is 12.3 Å². The summed E-state index contributed by atoms with van der Waals surface area (Å²) in [4.78, 5) is 7.49. The molecule has 0 bridgehead atoms. The number of halogens is 1. The van der Waals surface area contributed by atoms with Crippen LogP contribution in [-0.2, 0) is 6.42 Å². The second-order valence-corrected chi connectivity index (χ2v) is 3.54. The number of fused-ring (bicyclic) bond motifs is 1.